The Kier molecular flexibility index (Phi) is 5.58. The number of nitrogens with two attached hydrogens (primary N) is 1. The van der Waals surface area contributed by atoms with Crippen LogP contribution in [-0.4, -0.2) is 17.9 Å². The first-order valence-corrected chi connectivity index (χ1v) is 7.77. The largest absolute Gasteiger partial charge is 0.481 e. The summed E-state index contributed by atoms with van der Waals surface area (Å²) >= 11 is 0. The van der Waals surface area contributed by atoms with E-state index in [0.29, 0.717) is 11.3 Å². The van der Waals surface area contributed by atoms with Crippen LogP contribution in [-0.2, 0) is 9.59 Å². The molecule has 2 aromatic rings. The Morgan fingerprint density at radius 1 is 1.04 bits per heavy atom. The maximum Gasteiger partial charge on any atom is 0.261 e. The lowest BCUT2D eigenvalue weighted by Gasteiger charge is -2.20. The number of rotatable bonds is 6. The van der Waals surface area contributed by atoms with Crippen molar-refractivity contribution in [1.82, 2.24) is 5.32 Å². The highest BCUT2D eigenvalue weighted by Crippen LogP contribution is 2.22. The van der Waals surface area contributed by atoms with E-state index >= 15 is 0 Å². The average Bonchev–Trinajstić information content (AvgIpc) is 2.57. The minimum atomic E-state index is -0.886. The molecule has 3 N–H and O–H groups in total. The fourth-order valence-electron chi connectivity index (χ4n) is 2.32. The molecule has 0 aliphatic carbocycles. The van der Waals surface area contributed by atoms with E-state index in [2.05, 4.69) is 5.32 Å². The van der Waals surface area contributed by atoms with Crippen molar-refractivity contribution in [2.45, 2.75) is 32.9 Å². The molecule has 0 saturated carbocycles. The predicted octanol–water partition coefficient (Wildman–Crippen LogP) is 2.41. The number of nitrogens with one attached hydrogen (secondary N) is 1. The molecule has 2 aromatic carbocycles. The fourth-order valence-corrected chi connectivity index (χ4v) is 2.32. The van der Waals surface area contributed by atoms with Crippen molar-refractivity contribution in [3.63, 3.8) is 0 Å². The van der Waals surface area contributed by atoms with Gasteiger partial charge in [-0.25, -0.2) is 0 Å². The van der Waals surface area contributed by atoms with Gasteiger partial charge in [0.05, 0.1) is 0 Å². The number of benzene rings is 2. The highest BCUT2D eigenvalue weighted by atomic mass is 16.5. The molecule has 0 fully saturated rings. The van der Waals surface area contributed by atoms with E-state index in [9.17, 15) is 9.59 Å². The summed E-state index contributed by atoms with van der Waals surface area (Å²) < 4.78 is 5.74. The molecule has 24 heavy (non-hydrogen) atoms. The molecule has 0 heterocycles. The first kappa shape index (κ1) is 17.5. The highest BCUT2D eigenvalue weighted by molar-refractivity contribution is 5.89. The van der Waals surface area contributed by atoms with Gasteiger partial charge in [-0.3, -0.25) is 9.59 Å². The summed E-state index contributed by atoms with van der Waals surface area (Å²) in [7, 11) is 0. The van der Waals surface area contributed by atoms with Crippen LogP contribution in [0.4, 0.5) is 0 Å². The molecule has 0 aromatic heterocycles. The summed E-state index contributed by atoms with van der Waals surface area (Å²) in [6, 6.07) is 13.7. The van der Waals surface area contributed by atoms with E-state index in [1.165, 1.54) is 0 Å². The minimum Gasteiger partial charge on any atom is -0.481 e. The van der Waals surface area contributed by atoms with Crippen LogP contribution in [0.2, 0.25) is 0 Å². The molecular weight excluding hydrogens is 304 g/mol. The third-order valence-corrected chi connectivity index (χ3v) is 3.93. The van der Waals surface area contributed by atoms with E-state index in [1.54, 1.807) is 31.2 Å². The summed E-state index contributed by atoms with van der Waals surface area (Å²) in [6.07, 6.45) is -0.754. The van der Waals surface area contributed by atoms with Crippen molar-refractivity contribution in [2.75, 3.05) is 0 Å². The molecule has 0 spiro atoms. The van der Waals surface area contributed by atoms with Crippen LogP contribution in [0.25, 0.3) is 0 Å². The Balaban J connectivity index is 2.09. The number of primary amides is 1. The second kappa shape index (κ2) is 7.64. The van der Waals surface area contributed by atoms with Crippen molar-refractivity contribution in [3.05, 3.63) is 65.2 Å². The molecule has 5 heteroatoms. The number of hydrogen-bond acceptors (Lipinski definition) is 3. The van der Waals surface area contributed by atoms with Gasteiger partial charge in [0.25, 0.3) is 5.91 Å². The van der Waals surface area contributed by atoms with E-state index in [-0.39, 0.29) is 0 Å². The Hall–Kier alpha value is -2.82. The topological polar surface area (TPSA) is 81.4 Å². The van der Waals surface area contributed by atoms with Gasteiger partial charge in [-0.2, -0.15) is 0 Å². The fraction of sp³-hybridized carbons (Fsp3) is 0.263. The first-order chi connectivity index (χ1) is 11.4. The minimum absolute atomic E-state index is 0.399. The van der Waals surface area contributed by atoms with Crippen molar-refractivity contribution in [1.29, 1.82) is 0 Å². The number of aryl methyl sites for hydroxylation is 1. The quantitative estimate of drug-likeness (QED) is 0.855. The number of carbonyl (C=O) groups excluding carboxylic acids is 2. The molecule has 0 saturated heterocycles. The normalized spacial score (nSPS) is 13.0. The predicted molar refractivity (Wildman–Crippen MR) is 92.5 cm³/mol. The smallest absolute Gasteiger partial charge is 0.261 e. The maximum absolute atomic E-state index is 12.4. The van der Waals surface area contributed by atoms with Gasteiger partial charge in [0.2, 0.25) is 5.91 Å². The van der Waals surface area contributed by atoms with E-state index in [0.717, 1.165) is 11.1 Å². The Bertz CT molecular complexity index is 729. The summed E-state index contributed by atoms with van der Waals surface area (Å²) in [4.78, 5) is 24.1. The molecule has 5 nitrogen and oxygen atoms in total. The number of carbonyl (C=O) groups is 2. The monoisotopic (exact) mass is 326 g/mol. The lowest BCUT2D eigenvalue weighted by Crippen LogP contribution is -2.43. The van der Waals surface area contributed by atoms with Gasteiger partial charge in [-0.05, 0) is 43.5 Å². The molecule has 0 radical (unpaired) electrons. The van der Waals surface area contributed by atoms with E-state index < -0.39 is 24.0 Å². The Morgan fingerprint density at radius 2 is 1.71 bits per heavy atom. The third kappa shape index (κ3) is 4.13. The van der Waals surface area contributed by atoms with Crippen LogP contribution in [0.3, 0.4) is 0 Å². The molecule has 2 rings (SSSR count). The number of ether oxygens (including phenoxy) is 1. The lowest BCUT2D eigenvalue weighted by molar-refractivity contribution is -0.131. The zero-order valence-corrected chi connectivity index (χ0v) is 14.1. The highest BCUT2D eigenvalue weighted by Gasteiger charge is 2.24. The zero-order chi connectivity index (χ0) is 17.7. The zero-order valence-electron chi connectivity index (χ0n) is 14.1. The summed E-state index contributed by atoms with van der Waals surface area (Å²) in [6.45, 7) is 5.55. The molecule has 0 unspecified atom stereocenters. The molecule has 2 atom stereocenters. The van der Waals surface area contributed by atoms with Gasteiger partial charge in [0.1, 0.15) is 11.8 Å². The van der Waals surface area contributed by atoms with Crippen molar-refractivity contribution >= 4 is 11.8 Å². The number of amides is 2. The molecule has 126 valence electrons. The Morgan fingerprint density at radius 3 is 2.33 bits per heavy atom. The standard InChI is InChI=1S/C19H22N2O3/c1-12-8-7-11-16(13(12)2)24-14(3)19(23)21-17(18(20)22)15-9-5-4-6-10-15/h4-11,14,17H,1-3H3,(H2,20,22)(H,21,23)/t14-,17-/m1/s1. The van der Waals surface area contributed by atoms with Gasteiger partial charge >= 0.3 is 0 Å². The summed E-state index contributed by atoms with van der Waals surface area (Å²) in [5, 5.41) is 2.65. The molecule has 2 amide bonds. The van der Waals surface area contributed by atoms with Crippen LogP contribution in [0.1, 0.15) is 29.7 Å². The third-order valence-electron chi connectivity index (χ3n) is 3.93. The SMILES string of the molecule is Cc1cccc(O[C@H](C)C(=O)N[C@@H](C(N)=O)c2ccccc2)c1C. The van der Waals surface area contributed by atoms with Gasteiger partial charge in [0.15, 0.2) is 6.10 Å². The van der Waals surface area contributed by atoms with Crippen LogP contribution >= 0.6 is 0 Å². The molecular formula is C19H22N2O3. The van der Waals surface area contributed by atoms with Gasteiger partial charge in [0, 0.05) is 0 Å². The van der Waals surface area contributed by atoms with Crippen LogP contribution in [0.15, 0.2) is 48.5 Å². The van der Waals surface area contributed by atoms with Crippen molar-refractivity contribution in [3.8, 4) is 5.75 Å². The maximum atomic E-state index is 12.4. The van der Waals surface area contributed by atoms with E-state index in [4.69, 9.17) is 10.5 Å². The number of hydrogen-bond donors (Lipinski definition) is 2. The molecule has 0 aliphatic rings. The summed E-state index contributed by atoms with van der Waals surface area (Å²) in [5.41, 5.74) is 8.12. The Labute approximate surface area is 141 Å². The molecule has 0 aliphatic heterocycles. The van der Waals surface area contributed by atoms with Crippen LogP contribution in [0.5, 0.6) is 5.75 Å². The lowest BCUT2D eigenvalue weighted by atomic mass is 10.1. The second-order valence-electron chi connectivity index (χ2n) is 5.71. The van der Waals surface area contributed by atoms with Gasteiger partial charge < -0.3 is 15.8 Å². The van der Waals surface area contributed by atoms with Crippen molar-refractivity contribution < 1.29 is 14.3 Å². The summed E-state index contributed by atoms with van der Waals surface area (Å²) in [5.74, 6) is -0.370. The van der Waals surface area contributed by atoms with Gasteiger partial charge in [-0.15, -0.1) is 0 Å². The average molecular weight is 326 g/mol. The van der Waals surface area contributed by atoms with Crippen LogP contribution < -0.4 is 15.8 Å². The van der Waals surface area contributed by atoms with Gasteiger partial charge in [-0.1, -0.05) is 42.5 Å². The molecule has 0 bridgehead atoms. The van der Waals surface area contributed by atoms with Crippen molar-refractivity contribution in [2.24, 2.45) is 5.73 Å². The van der Waals surface area contributed by atoms with Crippen LogP contribution in [0, 0.1) is 13.8 Å². The first-order valence-electron chi connectivity index (χ1n) is 7.77. The van der Waals surface area contributed by atoms with E-state index in [1.807, 2.05) is 38.1 Å². The second-order valence-corrected chi connectivity index (χ2v) is 5.71.